The number of sulfonamides is 1. The van der Waals surface area contributed by atoms with Crippen molar-refractivity contribution in [2.75, 3.05) is 26.8 Å². The summed E-state index contributed by atoms with van der Waals surface area (Å²) in [5.74, 6) is 0. The van der Waals surface area contributed by atoms with Crippen molar-refractivity contribution in [1.82, 2.24) is 10.0 Å². The second-order valence-corrected chi connectivity index (χ2v) is 7.54. The van der Waals surface area contributed by atoms with E-state index in [-0.39, 0.29) is 29.5 Å². The van der Waals surface area contributed by atoms with E-state index < -0.39 is 20.5 Å². The number of ether oxygens (including phenoxy) is 1. The predicted molar refractivity (Wildman–Crippen MR) is 92.1 cm³/mol. The standard InChI is InChI=1S/C14H21N3O5S.ClH/c1-11-4-5-12(8-13(11)17(18)19)23(20,21)16-9-14(10-22-2)6-3-7-15-14;/h4-5,8,15-16H,3,6-7,9-10H2,1-2H3;1H. The summed E-state index contributed by atoms with van der Waals surface area (Å²) in [6.45, 7) is 2.94. The summed E-state index contributed by atoms with van der Waals surface area (Å²) < 4.78 is 32.6. The molecule has 1 unspecified atom stereocenters. The number of nitrogens with one attached hydrogen (secondary N) is 2. The van der Waals surface area contributed by atoms with Crippen LogP contribution in [0.3, 0.4) is 0 Å². The highest BCUT2D eigenvalue weighted by molar-refractivity contribution is 7.89. The first-order valence-corrected chi connectivity index (χ1v) is 8.77. The van der Waals surface area contributed by atoms with Crippen LogP contribution in [0.4, 0.5) is 5.69 Å². The Labute approximate surface area is 147 Å². The first-order chi connectivity index (χ1) is 10.8. The summed E-state index contributed by atoms with van der Waals surface area (Å²) >= 11 is 0. The fourth-order valence-electron chi connectivity index (χ4n) is 2.74. The molecule has 1 aromatic rings. The SMILES string of the molecule is COCC1(CNS(=O)(=O)c2ccc(C)c([N+](=O)[O-])c2)CCCN1.Cl. The molecule has 1 saturated heterocycles. The molecule has 1 fully saturated rings. The largest absolute Gasteiger partial charge is 0.383 e. The van der Waals surface area contributed by atoms with Gasteiger partial charge in [0.2, 0.25) is 10.0 Å². The zero-order valence-electron chi connectivity index (χ0n) is 13.6. The maximum atomic E-state index is 12.4. The molecule has 0 aliphatic carbocycles. The number of nitrogens with zero attached hydrogens (tertiary/aromatic N) is 1. The van der Waals surface area contributed by atoms with E-state index in [1.165, 1.54) is 12.1 Å². The second-order valence-electron chi connectivity index (χ2n) is 5.77. The summed E-state index contributed by atoms with van der Waals surface area (Å²) in [5.41, 5.74) is -0.223. The Morgan fingerprint density at radius 2 is 2.17 bits per heavy atom. The predicted octanol–water partition coefficient (Wildman–Crippen LogP) is 1.37. The molecule has 0 spiro atoms. The van der Waals surface area contributed by atoms with Crippen molar-refractivity contribution in [2.24, 2.45) is 0 Å². The average molecular weight is 380 g/mol. The zero-order valence-corrected chi connectivity index (χ0v) is 15.2. The molecular formula is C14H22ClN3O5S. The monoisotopic (exact) mass is 379 g/mol. The summed E-state index contributed by atoms with van der Waals surface area (Å²) in [7, 11) is -2.26. The van der Waals surface area contributed by atoms with Crippen molar-refractivity contribution in [3.05, 3.63) is 33.9 Å². The maximum Gasteiger partial charge on any atom is 0.273 e. The van der Waals surface area contributed by atoms with Crippen molar-refractivity contribution >= 4 is 28.1 Å². The third-order valence-corrected chi connectivity index (χ3v) is 5.44. The molecule has 0 bridgehead atoms. The number of rotatable bonds is 7. The van der Waals surface area contributed by atoms with Gasteiger partial charge in [-0.25, -0.2) is 13.1 Å². The van der Waals surface area contributed by atoms with E-state index in [0.717, 1.165) is 25.5 Å². The lowest BCUT2D eigenvalue weighted by Crippen LogP contribution is -2.52. The number of nitro benzene ring substituents is 1. The highest BCUT2D eigenvalue weighted by atomic mass is 35.5. The van der Waals surface area contributed by atoms with Crippen molar-refractivity contribution in [2.45, 2.75) is 30.2 Å². The first-order valence-electron chi connectivity index (χ1n) is 7.28. The van der Waals surface area contributed by atoms with Gasteiger partial charge in [-0.15, -0.1) is 12.4 Å². The van der Waals surface area contributed by atoms with Gasteiger partial charge < -0.3 is 10.1 Å². The van der Waals surface area contributed by atoms with Crippen molar-refractivity contribution in [3.8, 4) is 0 Å². The van der Waals surface area contributed by atoms with Crippen LogP contribution in [-0.2, 0) is 14.8 Å². The molecule has 2 rings (SSSR count). The quantitative estimate of drug-likeness (QED) is 0.546. The van der Waals surface area contributed by atoms with Gasteiger partial charge in [-0.2, -0.15) is 0 Å². The molecule has 0 amide bonds. The van der Waals surface area contributed by atoms with E-state index in [9.17, 15) is 18.5 Å². The molecule has 0 aromatic heterocycles. The molecule has 1 heterocycles. The van der Waals surface area contributed by atoms with Crippen LogP contribution >= 0.6 is 12.4 Å². The van der Waals surface area contributed by atoms with Gasteiger partial charge in [0.05, 0.1) is 22.0 Å². The van der Waals surface area contributed by atoms with Gasteiger partial charge >= 0.3 is 0 Å². The molecule has 1 aliphatic rings. The fraction of sp³-hybridized carbons (Fsp3) is 0.571. The van der Waals surface area contributed by atoms with Crippen LogP contribution in [0.2, 0.25) is 0 Å². The summed E-state index contributed by atoms with van der Waals surface area (Å²) in [5, 5.41) is 14.2. The normalized spacial score (nSPS) is 20.6. The second kappa shape index (κ2) is 8.21. The average Bonchev–Trinajstić information content (AvgIpc) is 2.95. The van der Waals surface area contributed by atoms with Gasteiger partial charge in [0.25, 0.3) is 5.69 Å². The van der Waals surface area contributed by atoms with Crippen LogP contribution in [0.25, 0.3) is 0 Å². The third-order valence-electron chi connectivity index (χ3n) is 4.04. The molecular weight excluding hydrogens is 358 g/mol. The van der Waals surface area contributed by atoms with Crippen molar-refractivity contribution < 1.29 is 18.1 Å². The molecule has 1 atom stereocenters. The molecule has 1 aromatic carbocycles. The van der Waals surface area contributed by atoms with Crippen molar-refractivity contribution in [1.29, 1.82) is 0 Å². The lowest BCUT2D eigenvalue weighted by atomic mass is 9.99. The summed E-state index contributed by atoms with van der Waals surface area (Å²) in [6, 6.07) is 3.89. The molecule has 8 nitrogen and oxygen atoms in total. The van der Waals surface area contributed by atoms with E-state index in [4.69, 9.17) is 4.74 Å². The summed E-state index contributed by atoms with van der Waals surface area (Å²) in [4.78, 5) is 10.3. The maximum absolute atomic E-state index is 12.4. The number of nitro groups is 1. The van der Waals surface area contributed by atoms with Crippen LogP contribution in [0.1, 0.15) is 18.4 Å². The molecule has 136 valence electrons. The lowest BCUT2D eigenvalue weighted by molar-refractivity contribution is -0.385. The Hall–Kier alpha value is -1.26. The Morgan fingerprint density at radius 1 is 1.46 bits per heavy atom. The van der Waals surface area contributed by atoms with Gasteiger partial charge in [-0.1, -0.05) is 6.07 Å². The topological polar surface area (TPSA) is 111 Å². The number of aryl methyl sites for hydroxylation is 1. The van der Waals surface area contributed by atoms with Crippen LogP contribution in [-0.4, -0.2) is 45.7 Å². The van der Waals surface area contributed by atoms with E-state index >= 15 is 0 Å². The Kier molecular flexibility index (Phi) is 7.11. The van der Waals surface area contributed by atoms with Crippen LogP contribution < -0.4 is 10.0 Å². The van der Waals surface area contributed by atoms with Gasteiger partial charge in [0.15, 0.2) is 0 Å². The van der Waals surface area contributed by atoms with Gasteiger partial charge in [-0.05, 0) is 32.4 Å². The van der Waals surface area contributed by atoms with E-state index in [1.807, 2.05) is 0 Å². The third kappa shape index (κ3) is 4.64. The van der Waals surface area contributed by atoms with Gasteiger partial charge in [-0.3, -0.25) is 10.1 Å². The van der Waals surface area contributed by atoms with Crippen LogP contribution in [0, 0.1) is 17.0 Å². The highest BCUT2D eigenvalue weighted by Crippen LogP contribution is 2.23. The number of halogens is 1. The molecule has 0 radical (unpaired) electrons. The fourth-order valence-corrected chi connectivity index (χ4v) is 3.89. The number of hydrogen-bond donors (Lipinski definition) is 2. The molecule has 1 aliphatic heterocycles. The summed E-state index contributed by atoms with van der Waals surface area (Å²) in [6.07, 6.45) is 1.75. The Balaban J connectivity index is 0.00000288. The highest BCUT2D eigenvalue weighted by Gasteiger charge is 2.35. The minimum Gasteiger partial charge on any atom is -0.383 e. The van der Waals surface area contributed by atoms with E-state index in [0.29, 0.717) is 12.2 Å². The minimum absolute atomic E-state index is 0. The Bertz CT molecular complexity index is 690. The van der Waals surface area contributed by atoms with Gasteiger partial charge in [0.1, 0.15) is 0 Å². The number of hydrogen-bond acceptors (Lipinski definition) is 6. The Morgan fingerprint density at radius 3 is 2.71 bits per heavy atom. The minimum atomic E-state index is -3.83. The number of benzene rings is 1. The smallest absolute Gasteiger partial charge is 0.273 e. The van der Waals surface area contributed by atoms with E-state index in [1.54, 1.807) is 14.0 Å². The molecule has 2 N–H and O–H groups in total. The first kappa shape index (κ1) is 20.8. The molecule has 24 heavy (non-hydrogen) atoms. The van der Waals surface area contributed by atoms with Crippen molar-refractivity contribution in [3.63, 3.8) is 0 Å². The van der Waals surface area contributed by atoms with Gasteiger partial charge in [0, 0.05) is 25.3 Å². The molecule has 0 saturated carbocycles. The van der Waals surface area contributed by atoms with Crippen LogP contribution in [0.5, 0.6) is 0 Å². The van der Waals surface area contributed by atoms with E-state index in [2.05, 4.69) is 10.0 Å². The van der Waals surface area contributed by atoms with Crippen LogP contribution in [0.15, 0.2) is 23.1 Å². The zero-order chi connectivity index (χ0) is 17.1. The lowest BCUT2D eigenvalue weighted by Gasteiger charge is -2.28. The molecule has 10 heteroatoms. The number of methoxy groups -OCH3 is 1.